The maximum Gasteiger partial charge on any atom is 0.337 e. The van der Waals surface area contributed by atoms with Gasteiger partial charge in [0.25, 0.3) is 0 Å². The number of rotatable bonds is 4. The summed E-state index contributed by atoms with van der Waals surface area (Å²) in [6.07, 6.45) is 0.607. The molecule has 1 aromatic heterocycles. The van der Waals surface area contributed by atoms with E-state index in [1.165, 1.54) is 6.07 Å². The van der Waals surface area contributed by atoms with Gasteiger partial charge in [-0.25, -0.2) is 4.79 Å². The molecule has 98 valence electrons. The average Bonchev–Trinajstić information content (AvgIpc) is 2.86. The molecule has 1 heterocycles. The van der Waals surface area contributed by atoms with Gasteiger partial charge in [0.1, 0.15) is 5.76 Å². The molecule has 0 fully saturated rings. The first-order chi connectivity index (χ1) is 9.02. The molecule has 19 heavy (non-hydrogen) atoms. The number of carbonyl (C=O) groups is 2. The SMILES string of the molecule is CN(C)c1ccc(-c2ccc(C=O)o2)cc1C(=O)O. The Labute approximate surface area is 110 Å². The summed E-state index contributed by atoms with van der Waals surface area (Å²) in [5.74, 6) is -0.328. The number of carboxylic acid groups (broad SMARTS) is 1. The number of furan rings is 1. The van der Waals surface area contributed by atoms with Crippen LogP contribution >= 0.6 is 0 Å². The van der Waals surface area contributed by atoms with Crippen LogP contribution in [0.1, 0.15) is 20.9 Å². The molecule has 0 atom stereocenters. The van der Waals surface area contributed by atoms with Gasteiger partial charge >= 0.3 is 5.97 Å². The van der Waals surface area contributed by atoms with E-state index in [0.717, 1.165) is 0 Å². The van der Waals surface area contributed by atoms with Gasteiger partial charge in [-0.1, -0.05) is 0 Å². The van der Waals surface area contributed by atoms with Crippen molar-refractivity contribution in [2.75, 3.05) is 19.0 Å². The van der Waals surface area contributed by atoms with Crippen LogP contribution in [0.4, 0.5) is 5.69 Å². The van der Waals surface area contributed by atoms with E-state index >= 15 is 0 Å². The number of anilines is 1. The normalized spacial score (nSPS) is 10.2. The zero-order chi connectivity index (χ0) is 14.0. The van der Waals surface area contributed by atoms with Crippen molar-refractivity contribution in [3.05, 3.63) is 41.7 Å². The number of hydrogen-bond acceptors (Lipinski definition) is 4. The minimum absolute atomic E-state index is 0.187. The molecule has 1 aromatic carbocycles. The highest BCUT2D eigenvalue weighted by Gasteiger charge is 2.14. The second-order valence-electron chi connectivity index (χ2n) is 4.25. The molecule has 0 saturated heterocycles. The highest BCUT2D eigenvalue weighted by molar-refractivity contribution is 5.96. The first-order valence-corrected chi connectivity index (χ1v) is 5.63. The van der Waals surface area contributed by atoms with Gasteiger partial charge < -0.3 is 14.4 Å². The summed E-state index contributed by atoms with van der Waals surface area (Å²) in [5, 5.41) is 9.22. The molecule has 2 aromatic rings. The average molecular weight is 259 g/mol. The van der Waals surface area contributed by atoms with Crippen molar-refractivity contribution in [3.63, 3.8) is 0 Å². The largest absolute Gasteiger partial charge is 0.478 e. The minimum atomic E-state index is -1.01. The lowest BCUT2D eigenvalue weighted by molar-refractivity contribution is 0.0697. The van der Waals surface area contributed by atoms with Crippen LogP contribution in [0.3, 0.4) is 0 Å². The van der Waals surface area contributed by atoms with Crippen molar-refractivity contribution in [3.8, 4) is 11.3 Å². The summed E-state index contributed by atoms with van der Waals surface area (Å²) in [4.78, 5) is 23.6. The minimum Gasteiger partial charge on any atom is -0.478 e. The zero-order valence-corrected chi connectivity index (χ0v) is 10.6. The highest BCUT2D eigenvalue weighted by Crippen LogP contribution is 2.27. The number of hydrogen-bond donors (Lipinski definition) is 1. The summed E-state index contributed by atoms with van der Waals surface area (Å²) >= 11 is 0. The molecule has 0 aliphatic carbocycles. The molecule has 0 saturated carbocycles. The highest BCUT2D eigenvalue weighted by atomic mass is 16.4. The third-order valence-corrected chi connectivity index (χ3v) is 2.74. The Bertz CT molecular complexity index is 628. The third kappa shape index (κ3) is 2.49. The van der Waals surface area contributed by atoms with Gasteiger partial charge in [0.05, 0.1) is 11.3 Å². The van der Waals surface area contributed by atoms with E-state index in [4.69, 9.17) is 4.42 Å². The predicted molar refractivity (Wildman–Crippen MR) is 70.8 cm³/mol. The molecule has 0 amide bonds. The molecule has 0 bridgehead atoms. The van der Waals surface area contributed by atoms with Crippen LogP contribution < -0.4 is 4.90 Å². The van der Waals surface area contributed by atoms with Crippen molar-refractivity contribution in [1.29, 1.82) is 0 Å². The van der Waals surface area contributed by atoms with E-state index in [2.05, 4.69) is 0 Å². The fourth-order valence-electron chi connectivity index (χ4n) is 1.82. The van der Waals surface area contributed by atoms with Gasteiger partial charge in [0.15, 0.2) is 12.0 Å². The molecule has 0 unspecified atom stereocenters. The first kappa shape index (κ1) is 12.9. The second kappa shape index (κ2) is 4.97. The Balaban J connectivity index is 2.51. The molecular formula is C14H13NO4. The number of carbonyl (C=O) groups excluding carboxylic acids is 1. The topological polar surface area (TPSA) is 70.8 Å². The Hall–Kier alpha value is -2.56. The maximum atomic E-state index is 11.3. The smallest absolute Gasteiger partial charge is 0.337 e. The summed E-state index contributed by atoms with van der Waals surface area (Å²) in [5.41, 5.74) is 1.42. The molecule has 0 radical (unpaired) electrons. The Morgan fingerprint density at radius 1 is 1.26 bits per heavy atom. The molecule has 2 rings (SSSR count). The van der Waals surface area contributed by atoms with E-state index < -0.39 is 5.97 Å². The van der Waals surface area contributed by atoms with Crippen molar-refractivity contribution in [1.82, 2.24) is 0 Å². The van der Waals surface area contributed by atoms with E-state index in [9.17, 15) is 14.7 Å². The molecule has 0 spiro atoms. The fraction of sp³-hybridized carbons (Fsp3) is 0.143. The molecule has 1 N–H and O–H groups in total. The van der Waals surface area contributed by atoms with Crippen LogP contribution in [0.25, 0.3) is 11.3 Å². The van der Waals surface area contributed by atoms with Gasteiger partial charge in [-0.3, -0.25) is 4.79 Å². The summed E-state index contributed by atoms with van der Waals surface area (Å²) in [6, 6.07) is 8.19. The molecule has 5 nitrogen and oxygen atoms in total. The van der Waals surface area contributed by atoms with Gasteiger partial charge in [-0.15, -0.1) is 0 Å². The Morgan fingerprint density at radius 2 is 2.00 bits per heavy atom. The number of carboxylic acids is 1. The quantitative estimate of drug-likeness (QED) is 0.854. The Kier molecular flexibility index (Phi) is 3.37. The molecule has 0 aliphatic heterocycles. The van der Waals surface area contributed by atoms with Gasteiger partial charge in [0, 0.05) is 19.7 Å². The number of aldehydes is 1. The van der Waals surface area contributed by atoms with E-state index in [1.807, 2.05) is 0 Å². The van der Waals surface area contributed by atoms with Crippen LogP contribution in [-0.2, 0) is 0 Å². The van der Waals surface area contributed by atoms with Gasteiger partial charge in [0.2, 0.25) is 0 Å². The lowest BCUT2D eigenvalue weighted by Gasteiger charge is -2.15. The first-order valence-electron chi connectivity index (χ1n) is 5.63. The van der Waals surface area contributed by atoms with E-state index in [-0.39, 0.29) is 11.3 Å². The molecule has 5 heteroatoms. The van der Waals surface area contributed by atoms with Crippen molar-refractivity contribution in [2.45, 2.75) is 0 Å². The van der Waals surface area contributed by atoms with Gasteiger partial charge in [-0.2, -0.15) is 0 Å². The number of aromatic carboxylic acids is 1. The van der Waals surface area contributed by atoms with Crippen LogP contribution in [-0.4, -0.2) is 31.5 Å². The van der Waals surface area contributed by atoms with Crippen LogP contribution in [0, 0.1) is 0 Å². The van der Waals surface area contributed by atoms with Crippen LogP contribution in [0.5, 0.6) is 0 Å². The van der Waals surface area contributed by atoms with Crippen molar-refractivity contribution in [2.24, 2.45) is 0 Å². The molecule has 0 aliphatic rings. The monoisotopic (exact) mass is 259 g/mol. The lowest BCUT2D eigenvalue weighted by Crippen LogP contribution is -2.13. The standard InChI is InChI=1S/C14H13NO4/c1-15(2)12-5-3-9(7-11(12)14(17)18)13-6-4-10(8-16)19-13/h3-8H,1-2H3,(H,17,18). The number of nitrogens with zero attached hydrogens (tertiary/aromatic N) is 1. The summed E-state index contributed by atoms with van der Waals surface area (Å²) in [7, 11) is 3.55. The van der Waals surface area contributed by atoms with E-state index in [1.54, 1.807) is 43.3 Å². The number of benzene rings is 1. The van der Waals surface area contributed by atoms with Crippen molar-refractivity contribution >= 4 is 17.9 Å². The predicted octanol–water partition coefficient (Wildman–Crippen LogP) is 2.52. The second-order valence-corrected chi connectivity index (χ2v) is 4.25. The zero-order valence-electron chi connectivity index (χ0n) is 10.6. The third-order valence-electron chi connectivity index (χ3n) is 2.74. The molecular weight excluding hydrogens is 246 g/mol. The van der Waals surface area contributed by atoms with Crippen molar-refractivity contribution < 1.29 is 19.1 Å². The lowest BCUT2D eigenvalue weighted by atomic mass is 10.1. The fourth-order valence-corrected chi connectivity index (χ4v) is 1.82. The summed E-state index contributed by atoms with van der Waals surface area (Å²) in [6.45, 7) is 0. The van der Waals surface area contributed by atoms with Crippen LogP contribution in [0.15, 0.2) is 34.7 Å². The summed E-state index contributed by atoms with van der Waals surface area (Å²) < 4.78 is 5.28. The van der Waals surface area contributed by atoms with Gasteiger partial charge in [-0.05, 0) is 30.3 Å². The van der Waals surface area contributed by atoms with Crippen LogP contribution in [0.2, 0.25) is 0 Å². The Morgan fingerprint density at radius 3 is 2.53 bits per heavy atom. The maximum absolute atomic E-state index is 11.3. The van der Waals surface area contributed by atoms with E-state index in [0.29, 0.717) is 23.3 Å².